The van der Waals surface area contributed by atoms with Crippen molar-refractivity contribution in [1.29, 1.82) is 0 Å². The zero-order valence-corrected chi connectivity index (χ0v) is 14.6. The van der Waals surface area contributed by atoms with Gasteiger partial charge in [0, 0.05) is 32.2 Å². The molecule has 2 unspecified atom stereocenters. The number of nitrogens with two attached hydrogens (primary N) is 1. The highest BCUT2D eigenvalue weighted by Gasteiger charge is 2.36. The highest BCUT2D eigenvalue weighted by atomic mass is 16.5. The second-order valence-electron chi connectivity index (χ2n) is 7.62. The van der Waals surface area contributed by atoms with Crippen molar-refractivity contribution in [1.82, 2.24) is 10.2 Å². The lowest BCUT2D eigenvalue weighted by molar-refractivity contribution is 0.0301. The van der Waals surface area contributed by atoms with Crippen molar-refractivity contribution in [2.45, 2.75) is 51.0 Å². The van der Waals surface area contributed by atoms with Crippen molar-refractivity contribution in [2.24, 2.45) is 5.73 Å². The molecule has 2 atom stereocenters. The predicted molar refractivity (Wildman–Crippen MR) is 92.3 cm³/mol. The van der Waals surface area contributed by atoms with Crippen LogP contribution < -0.4 is 15.5 Å². The van der Waals surface area contributed by atoms with Crippen LogP contribution in [-0.2, 0) is 16.0 Å². The predicted octanol–water partition coefficient (Wildman–Crippen LogP) is 0.918. The van der Waals surface area contributed by atoms with E-state index >= 15 is 0 Å². The van der Waals surface area contributed by atoms with Crippen molar-refractivity contribution in [2.75, 3.05) is 42.6 Å². The summed E-state index contributed by atoms with van der Waals surface area (Å²) in [6, 6.07) is 2.16. The maximum atomic E-state index is 5.94. The third-order valence-electron chi connectivity index (χ3n) is 5.33. The van der Waals surface area contributed by atoms with Gasteiger partial charge in [0.15, 0.2) is 5.82 Å². The molecule has 2 N–H and O–H groups in total. The number of hydrogen-bond acceptors (Lipinski definition) is 7. The number of ether oxygens (including phenoxy) is 2. The second kappa shape index (κ2) is 6.13. The average molecular weight is 333 g/mol. The molecule has 3 fully saturated rings. The molecule has 0 aromatic carbocycles. The quantitative estimate of drug-likeness (QED) is 0.881. The number of rotatable bonds is 3. The van der Waals surface area contributed by atoms with Gasteiger partial charge in [0.1, 0.15) is 5.69 Å². The van der Waals surface area contributed by atoms with Gasteiger partial charge in [0.2, 0.25) is 0 Å². The summed E-state index contributed by atoms with van der Waals surface area (Å²) in [5.41, 5.74) is 7.80. The van der Waals surface area contributed by atoms with Crippen LogP contribution >= 0.6 is 0 Å². The Kier molecular flexibility index (Phi) is 4.10. The van der Waals surface area contributed by atoms with Crippen LogP contribution in [0.5, 0.6) is 0 Å². The summed E-state index contributed by atoms with van der Waals surface area (Å²) in [5, 5.41) is 8.90. The van der Waals surface area contributed by atoms with Gasteiger partial charge in [0.05, 0.1) is 36.6 Å². The van der Waals surface area contributed by atoms with Gasteiger partial charge in [-0.2, -0.15) is 0 Å². The van der Waals surface area contributed by atoms with Gasteiger partial charge < -0.3 is 25.0 Å². The second-order valence-corrected chi connectivity index (χ2v) is 7.62. The zero-order valence-electron chi connectivity index (χ0n) is 14.6. The first kappa shape index (κ1) is 16.1. The normalized spacial score (nSPS) is 29.1. The molecule has 132 valence electrons. The summed E-state index contributed by atoms with van der Waals surface area (Å²) >= 11 is 0. The van der Waals surface area contributed by atoms with E-state index in [1.807, 2.05) is 0 Å². The molecule has 3 aliphatic rings. The minimum atomic E-state index is -0.0769. The summed E-state index contributed by atoms with van der Waals surface area (Å²) in [5.74, 6) is 0.935. The molecule has 0 saturated carbocycles. The number of morpholine rings is 2. The van der Waals surface area contributed by atoms with Gasteiger partial charge in [-0.25, -0.2) is 0 Å². The standard InChI is InChI=1S/C17H27N5O2/c1-17(2)11-23-6-5-22(17)15-7-16(20-19-14(15)8-18)21-9-12-3-4-13(10-21)24-12/h7,12-13H,3-6,8-11,18H2,1-2H3. The van der Waals surface area contributed by atoms with Crippen LogP contribution in [0.1, 0.15) is 32.4 Å². The van der Waals surface area contributed by atoms with Gasteiger partial charge in [-0.1, -0.05) is 0 Å². The number of aromatic nitrogens is 2. The average Bonchev–Trinajstić information content (AvgIpc) is 2.92. The Bertz CT molecular complexity index is 597. The Morgan fingerprint density at radius 1 is 1.25 bits per heavy atom. The molecule has 7 heteroatoms. The van der Waals surface area contributed by atoms with E-state index in [2.05, 4.69) is 39.9 Å². The Balaban J connectivity index is 1.65. The Hall–Kier alpha value is -1.44. The Labute approximate surface area is 143 Å². The van der Waals surface area contributed by atoms with Crippen LogP contribution in [0.15, 0.2) is 6.07 Å². The molecule has 4 heterocycles. The third-order valence-corrected chi connectivity index (χ3v) is 5.33. The summed E-state index contributed by atoms with van der Waals surface area (Å²) in [6.45, 7) is 8.87. The van der Waals surface area contributed by atoms with Crippen LogP contribution in [0.4, 0.5) is 11.5 Å². The molecule has 0 spiro atoms. The van der Waals surface area contributed by atoms with Crippen molar-refractivity contribution in [3.63, 3.8) is 0 Å². The molecule has 0 amide bonds. The number of nitrogens with zero attached hydrogens (tertiary/aromatic N) is 4. The molecule has 0 aliphatic carbocycles. The van der Waals surface area contributed by atoms with E-state index in [9.17, 15) is 0 Å². The van der Waals surface area contributed by atoms with E-state index in [1.165, 1.54) is 0 Å². The minimum Gasteiger partial charge on any atom is -0.377 e. The summed E-state index contributed by atoms with van der Waals surface area (Å²) < 4.78 is 11.6. The molecular weight excluding hydrogens is 306 g/mol. The van der Waals surface area contributed by atoms with Crippen molar-refractivity contribution >= 4 is 11.5 Å². The molecule has 0 radical (unpaired) electrons. The van der Waals surface area contributed by atoms with Crippen LogP contribution in [-0.4, -0.2) is 60.8 Å². The summed E-state index contributed by atoms with van der Waals surface area (Å²) in [4.78, 5) is 4.68. The lowest BCUT2D eigenvalue weighted by Gasteiger charge is -2.44. The summed E-state index contributed by atoms with van der Waals surface area (Å²) in [6.07, 6.45) is 2.98. The van der Waals surface area contributed by atoms with Crippen molar-refractivity contribution in [3.05, 3.63) is 11.8 Å². The molecule has 3 saturated heterocycles. The first-order chi connectivity index (χ1) is 11.6. The molecule has 3 aliphatic heterocycles. The minimum absolute atomic E-state index is 0.0769. The van der Waals surface area contributed by atoms with Gasteiger partial charge in [-0.15, -0.1) is 10.2 Å². The number of fused-ring (bicyclic) bond motifs is 2. The highest BCUT2D eigenvalue weighted by Crippen LogP contribution is 2.33. The van der Waals surface area contributed by atoms with E-state index in [1.54, 1.807) is 0 Å². The van der Waals surface area contributed by atoms with Crippen molar-refractivity contribution < 1.29 is 9.47 Å². The fourth-order valence-corrected chi connectivity index (χ4v) is 4.04. The van der Waals surface area contributed by atoms with Crippen LogP contribution in [0, 0.1) is 0 Å². The Morgan fingerprint density at radius 3 is 2.67 bits per heavy atom. The number of hydrogen-bond donors (Lipinski definition) is 1. The number of anilines is 2. The molecule has 4 rings (SSSR count). The van der Waals surface area contributed by atoms with Crippen molar-refractivity contribution in [3.8, 4) is 0 Å². The first-order valence-electron chi connectivity index (χ1n) is 8.89. The molecule has 1 aromatic rings. The van der Waals surface area contributed by atoms with Crippen LogP contribution in [0.25, 0.3) is 0 Å². The van der Waals surface area contributed by atoms with Gasteiger partial charge in [0.25, 0.3) is 0 Å². The van der Waals surface area contributed by atoms with Gasteiger partial charge in [-0.05, 0) is 26.7 Å². The highest BCUT2D eigenvalue weighted by molar-refractivity contribution is 5.59. The Morgan fingerprint density at radius 2 is 2.00 bits per heavy atom. The maximum Gasteiger partial charge on any atom is 0.153 e. The van der Waals surface area contributed by atoms with Crippen LogP contribution in [0.2, 0.25) is 0 Å². The van der Waals surface area contributed by atoms with Crippen LogP contribution in [0.3, 0.4) is 0 Å². The molecule has 1 aromatic heterocycles. The van der Waals surface area contributed by atoms with E-state index in [0.29, 0.717) is 25.4 Å². The summed E-state index contributed by atoms with van der Waals surface area (Å²) in [7, 11) is 0. The van der Waals surface area contributed by atoms with Gasteiger partial charge in [-0.3, -0.25) is 0 Å². The maximum absolute atomic E-state index is 5.94. The van der Waals surface area contributed by atoms with E-state index in [4.69, 9.17) is 15.2 Å². The topological polar surface area (TPSA) is 76.7 Å². The smallest absolute Gasteiger partial charge is 0.153 e. The largest absolute Gasteiger partial charge is 0.377 e. The fraction of sp³-hybridized carbons (Fsp3) is 0.765. The monoisotopic (exact) mass is 333 g/mol. The van der Waals surface area contributed by atoms with E-state index in [0.717, 1.165) is 56.3 Å². The van der Waals surface area contributed by atoms with E-state index < -0.39 is 0 Å². The van der Waals surface area contributed by atoms with E-state index in [-0.39, 0.29) is 5.54 Å². The zero-order chi connectivity index (χ0) is 16.7. The molecule has 7 nitrogen and oxygen atoms in total. The molecular formula is C17H27N5O2. The molecule has 2 bridgehead atoms. The molecule has 24 heavy (non-hydrogen) atoms. The lowest BCUT2D eigenvalue weighted by Crippen LogP contribution is -2.53. The first-order valence-corrected chi connectivity index (χ1v) is 8.89. The van der Waals surface area contributed by atoms with Gasteiger partial charge >= 0.3 is 0 Å². The fourth-order valence-electron chi connectivity index (χ4n) is 4.04. The third kappa shape index (κ3) is 2.85. The SMILES string of the molecule is CC1(C)COCCN1c1cc(N2CC3CCC(C2)O3)nnc1CN. The lowest BCUT2D eigenvalue weighted by atomic mass is 10.0.